The molecule has 0 fully saturated rings. The molecule has 0 aromatic carbocycles. The highest BCUT2D eigenvalue weighted by atomic mass is 19.1. The Kier molecular flexibility index (Phi) is 4.02. The first-order valence-electron chi connectivity index (χ1n) is 3.30. The van der Waals surface area contributed by atoms with E-state index in [9.17, 15) is 4.39 Å². The highest BCUT2D eigenvalue weighted by Gasteiger charge is 2.13. The predicted molar refractivity (Wildman–Crippen MR) is 48.2 cm³/mol. The van der Waals surface area contributed by atoms with E-state index in [0.717, 1.165) is 0 Å². The number of aliphatic imine (C=N–C) groups is 1. The molecule has 4 heteroatoms. The van der Waals surface area contributed by atoms with Gasteiger partial charge in [0.05, 0.1) is 0 Å². The molecule has 0 heterocycles. The summed E-state index contributed by atoms with van der Waals surface area (Å²) < 4.78 is 11.6. The minimum Gasteiger partial charge on any atom is -0.343 e. The Morgan fingerprint density at radius 3 is 2.83 bits per heavy atom. The lowest BCUT2D eigenvalue weighted by atomic mass is 10.2. The molecule has 0 aliphatic carbocycles. The first kappa shape index (κ1) is 10.7. The van der Waals surface area contributed by atoms with Gasteiger partial charge in [0.25, 0.3) is 0 Å². The Bertz CT molecular complexity index is 234. The van der Waals surface area contributed by atoms with Crippen LogP contribution >= 0.6 is 0 Å². The topological polar surface area (TPSA) is 50.4 Å². The van der Waals surface area contributed by atoms with Crippen LogP contribution in [0.15, 0.2) is 17.4 Å². The zero-order valence-corrected chi connectivity index (χ0v) is 7.02. The molecule has 0 rings (SSSR count). The van der Waals surface area contributed by atoms with Crippen LogP contribution in [0.3, 0.4) is 0 Å². The third-order valence-corrected chi connectivity index (χ3v) is 1.01. The molecular weight excluding hydrogens is 157 g/mol. The molecule has 0 spiro atoms. The molecule has 66 valence electrons. The highest BCUT2D eigenvalue weighted by Crippen LogP contribution is 1.95. The molecule has 0 aromatic heterocycles. The number of nitrogens with one attached hydrogen (secondary N) is 1. The Balaban J connectivity index is 4.21. The molecule has 0 saturated carbocycles. The Morgan fingerprint density at radius 2 is 2.42 bits per heavy atom. The van der Waals surface area contributed by atoms with Gasteiger partial charge in [0, 0.05) is 0 Å². The zero-order valence-electron chi connectivity index (χ0n) is 7.02. The maximum atomic E-state index is 11.6. The fraction of sp³-hybridized carbons (Fsp3) is 0.375. The van der Waals surface area contributed by atoms with Gasteiger partial charge in [-0.25, -0.2) is 9.38 Å². The molecule has 0 amide bonds. The molecule has 0 radical (unpaired) electrons. The fourth-order valence-corrected chi connectivity index (χ4v) is 0.588. The summed E-state index contributed by atoms with van der Waals surface area (Å²) >= 11 is 0. The fourth-order valence-electron chi connectivity index (χ4n) is 0.588. The van der Waals surface area contributed by atoms with Crippen molar-refractivity contribution in [1.82, 2.24) is 5.32 Å². The van der Waals surface area contributed by atoms with E-state index in [4.69, 9.17) is 5.73 Å². The van der Waals surface area contributed by atoms with E-state index >= 15 is 0 Å². The van der Waals surface area contributed by atoms with Gasteiger partial charge in [-0.15, -0.1) is 0 Å². The number of hydrogen-bond acceptors (Lipinski definition) is 3. The summed E-state index contributed by atoms with van der Waals surface area (Å²) in [4.78, 5) is 3.48. The van der Waals surface area contributed by atoms with Crippen molar-refractivity contribution >= 4 is 6.72 Å². The third-order valence-electron chi connectivity index (χ3n) is 1.01. The molecule has 0 aliphatic heterocycles. The smallest absolute Gasteiger partial charge is 0.150 e. The normalized spacial score (nSPS) is 13.6. The molecule has 3 nitrogen and oxygen atoms in total. The van der Waals surface area contributed by atoms with Crippen molar-refractivity contribution in [3.05, 3.63) is 12.4 Å². The molecule has 1 unspecified atom stereocenters. The van der Waals surface area contributed by atoms with Crippen LogP contribution in [0, 0.1) is 11.8 Å². The van der Waals surface area contributed by atoms with Gasteiger partial charge >= 0.3 is 0 Å². The molecule has 0 aliphatic rings. The molecule has 3 N–H and O–H groups in total. The van der Waals surface area contributed by atoms with E-state index in [0.29, 0.717) is 5.82 Å². The van der Waals surface area contributed by atoms with Gasteiger partial charge in [0.1, 0.15) is 18.2 Å². The van der Waals surface area contributed by atoms with E-state index in [-0.39, 0.29) is 0 Å². The second kappa shape index (κ2) is 4.52. The van der Waals surface area contributed by atoms with E-state index in [1.807, 2.05) is 0 Å². The summed E-state index contributed by atoms with van der Waals surface area (Å²) in [6.45, 7) is 7.59. The van der Waals surface area contributed by atoms with Crippen LogP contribution < -0.4 is 11.1 Å². The molecular formula is C8H12FN3. The lowest BCUT2D eigenvalue weighted by molar-refractivity contribution is 0.518. The zero-order chi connectivity index (χ0) is 9.61. The number of rotatable bonds is 3. The van der Waals surface area contributed by atoms with Crippen LogP contribution in [0.5, 0.6) is 0 Å². The van der Waals surface area contributed by atoms with Gasteiger partial charge in [-0.1, -0.05) is 18.4 Å². The molecule has 0 aromatic rings. The second-order valence-electron chi connectivity index (χ2n) is 2.37. The van der Waals surface area contributed by atoms with Gasteiger partial charge in [0.15, 0.2) is 0 Å². The lowest BCUT2D eigenvalue weighted by Gasteiger charge is -2.20. The van der Waals surface area contributed by atoms with Crippen molar-refractivity contribution in [1.29, 1.82) is 0 Å². The van der Waals surface area contributed by atoms with Crippen LogP contribution in [0.25, 0.3) is 0 Å². The van der Waals surface area contributed by atoms with Crippen LogP contribution in [-0.4, -0.2) is 19.1 Å². The van der Waals surface area contributed by atoms with Gasteiger partial charge < -0.3 is 5.32 Å². The van der Waals surface area contributed by atoms with Crippen molar-refractivity contribution in [2.75, 3.05) is 6.67 Å². The summed E-state index contributed by atoms with van der Waals surface area (Å²) in [5.74, 6) is 4.99. The molecule has 0 saturated heterocycles. The number of nitrogens with two attached hydrogens (primary N) is 1. The minimum absolute atomic E-state index is 0.313. The monoisotopic (exact) mass is 169 g/mol. The standard InChI is InChI=1S/C8H12FN3/c1-7(11-3)12-8(2,10)5-4-6-9/h12H,1,3,6,10H2,2H3. The van der Waals surface area contributed by atoms with Crippen LogP contribution in [0.1, 0.15) is 6.92 Å². The number of alkyl halides is 1. The van der Waals surface area contributed by atoms with Crippen molar-refractivity contribution in [3.8, 4) is 11.8 Å². The number of nitrogens with zero attached hydrogens (tertiary/aromatic N) is 1. The predicted octanol–water partition coefficient (Wildman–Crippen LogP) is 0.396. The van der Waals surface area contributed by atoms with Gasteiger partial charge in [-0.3, -0.25) is 5.73 Å². The van der Waals surface area contributed by atoms with E-state index in [2.05, 4.69) is 35.4 Å². The SMILES string of the molecule is C=NC(=C)NC(C)(N)C#CCF. The van der Waals surface area contributed by atoms with E-state index in [1.165, 1.54) is 0 Å². The largest absolute Gasteiger partial charge is 0.343 e. The average Bonchev–Trinajstić information content (AvgIpc) is 2.00. The first-order chi connectivity index (χ1) is 5.52. The highest BCUT2D eigenvalue weighted by molar-refractivity contribution is 5.28. The summed E-state index contributed by atoms with van der Waals surface area (Å²) in [7, 11) is 0. The van der Waals surface area contributed by atoms with Crippen LogP contribution in [0.4, 0.5) is 4.39 Å². The summed E-state index contributed by atoms with van der Waals surface area (Å²) in [5.41, 5.74) is 4.57. The average molecular weight is 169 g/mol. The Labute approximate surface area is 71.6 Å². The van der Waals surface area contributed by atoms with Crippen LogP contribution in [0.2, 0.25) is 0 Å². The Hall–Kier alpha value is -1.34. The van der Waals surface area contributed by atoms with Crippen LogP contribution in [-0.2, 0) is 0 Å². The summed E-state index contributed by atoms with van der Waals surface area (Å²) in [5, 5.41) is 2.65. The molecule has 1 atom stereocenters. The second-order valence-corrected chi connectivity index (χ2v) is 2.37. The summed E-state index contributed by atoms with van der Waals surface area (Å²) in [6, 6.07) is 0. The minimum atomic E-state index is -1.01. The maximum Gasteiger partial charge on any atom is 0.150 e. The lowest BCUT2D eigenvalue weighted by Crippen LogP contribution is -2.48. The quantitative estimate of drug-likeness (QED) is 0.365. The van der Waals surface area contributed by atoms with Crippen molar-refractivity contribution in [2.24, 2.45) is 10.7 Å². The van der Waals surface area contributed by atoms with Gasteiger partial charge in [-0.2, -0.15) is 0 Å². The Morgan fingerprint density at radius 1 is 1.83 bits per heavy atom. The number of hydrogen-bond donors (Lipinski definition) is 2. The maximum absolute atomic E-state index is 11.6. The number of halogens is 1. The first-order valence-corrected chi connectivity index (χ1v) is 3.30. The van der Waals surface area contributed by atoms with Gasteiger partial charge in [0.2, 0.25) is 0 Å². The van der Waals surface area contributed by atoms with Gasteiger partial charge in [-0.05, 0) is 13.6 Å². The summed E-state index contributed by atoms with van der Waals surface area (Å²) in [6.07, 6.45) is 0. The van der Waals surface area contributed by atoms with Crippen molar-refractivity contribution in [3.63, 3.8) is 0 Å². The molecule has 12 heavy (non-hydrogen) atoms. The van der Waals surface area contributed by atoms with Crippen molar-refractivity contribution in [2.45, 2.75) is 12.6 Å². The van der Waals surface area contributed by atoms with E-state index < -0.39 is 12.3 Å². The molecule has 0 bridgehead atoms. The van der Waals surface area contributed by atoms with E-state index in [1.54, 1.807) is 6.92 Å². The third kappa shape index (κ3) is 4.47. The van der Waals surface area contributed by atoms with Crippen molar-refractivity contribution < 1.29 is 4.39 Å².